The molecule has 0 unspecified atom stereocenters. The standard InChI is InChI=1S/C15H22N2/c1-5-11-7-6-8-12-13(9-16-4)14(10(2)3)17-15(11)12/h6-8,10,16-17H,5,9H2,1-4H3. The number of H-pyrrole nitrogens is 1. The van der Waals surface area contributed by atoms with Crippen LogP contribution in [-0.4, -0.2) is 12.0 Å². The van der Waals surface area contributed by atoms with E-state index in [1.54, 1.807) is 0 Å². The van der Waals surface area contributed by atoms with Crippen molar-refractivity contribution in [2.75, 3.05) is 7.05 Å². The Hall–Kier alpha value is -1.28. The molecule has 0 atom stereocenters. The highest BCUT2D eigenvalue weighted by Crippen LogP contribution is 2.29. The number of fused-ring (bicyclic) bond motifs is 1. The predicted molar refractivity (Wildman–Crippen MR) is 74.5 cm³/mol. The Kier molecular flexibility index (Phi) is 3.53. The van der Waals surface area contributed by atoms with Crippen LogP contribution >= 0.6 is 0 Å². The second-order valence-corrected chi connectivity index (χ2v) is 4.90. The summed E-state index contributed by atoms with van der Waals surface area (Å²) in [6.45, 7) is 7.63. The van der Waals surface area contributed by atoms with Gasteiger partial charge in [0.05, 0.1) is 0 Å². The highest BCUT2D eigenvalue weighted by molar-refractivity contribution is 5.87. The van der Waals surface area contributed by atoms with E-state index < -0.39 is 0 Å². The zero-order chi connectivity index (χ0) is 12.4. The Balaban J connectivity index is 2.69. The summed E-state index contributed by atoms with van der Waals surface area (Å²) in [5, 5.41) is 4.65. The average Bonchev–Trinajstić information content (AvgIpc) is 2.69. The van der Waals surface area contributed by atoms with Gasteiger partial charge in [0.1, 0.15) is 0 Å². The quantitative estimate of drug-likeness (QED) is 0.825. The third-order valence-corrected chi connectivity index (χ3v) is 3.37. The molecule has 2 rings (SSSR count). The lowest BCUT2D eigenvalue weighted by Crippen LogP contribution is -2.07. The Morgan fingerprint density at radius 3 is 2.65 bits per heavy atom. The average molecular weight is 230 g/mol. The number of aromatic nitrogens is 1. The molecule has 0 aliphatic carbocycles. The van der Waals surface area contributed by atoms with Gasteiger partial charge in [-0.3, -0.25) is 0 Å². The van der Waals surface area contributed by atoms with Crippen molar-refractivity contribution in [2.45, 2.75) is 39.7 Å². The fourth-order valence-electron chi connectivity index (χ4n) is 2.51. The largest absolute Gasteiger partial charge is 0.358 e. The first-order valence-corrected chi connectivity index (χ1v) is 6.46. The van der Waals surface area contributed by atoms with Crippen molar-refractivity contribution in [1.29, 1.82) is 0 Å². The third kappa shape index (κ3) is 2.09. The summed E-state index contributed by atoms with van der Waals surface area (Å²) in [5.41, 5.74) is 5.53. The first-order chi connectivity index (χ1) is 8.19. The Bertz CT molecular complexity index is 509. The van der Waals surface area contributed by atoms with E-state index in [0.717, 1.165) is 13.0 Å². The molecular weight excluding hydrogens is 208 g/mol. The maximum absolute atomic E-state index is 3.63. The molecule has 0 aliphatic heterocycles. The molecule has 0 amide bonds. The van der Waals surface area contributed by atoms with Crippen LogP contribution in [-0.2, 0) is 13.0 Å². The maximum atomic E-state index is 3.63. The molecule has 2 N–H and O–H groups in total. The van der Waals surface area contributed by atoms with Crippen molar-refractivity contribution < 1.29 is 0 Å². The topological polar surface area (TPSA) is 27.8 Å². The summed E-state index contributed by atoms with van der Waals surface area (Å²) in [7, 11) is 2.01. The van der Waals surface area contributed by atoms with Crippen LogP contribution in [0.5, 0.6) is 0 Å². The number of hydrogen-bond donors (Lipinski definition) is 2. The van der Waals surface area contributed by atoms with E-state index in [1.165, 1.54) is 27.7 Å². The van der Waals surface area contributed by atoms with Crippen molar-refractivity contribution in [2.24, 2.45) is 0 Å². The highest BCUT2D eigenvalue weighted by Gasteiger charge is 2.14. The molecule has 2 nitrogen and oxygen atoms in total. The fourth-order valence-corrected chi connectivity index (χ4v) is 2.51. The molecule has 1 aromatic heterocycles. The minimum Gasteiger partial charge on any atom is -0.358 e. The van der Waals surface area contributed by atoms with E-state index in [4.69, 9.17) is 0 Å². The minimum atomic E-state index is 0.537. The molecule has 0 aliphatic rings. The molecule has 17 heavy (non-hydrogen) atoms. The SMILES string of the molecule is CCc1cccc2c(CNC)c(C(C)C)[nH]c12. The van der Waals surface area contributed by atoms with Crippen molar-refractivity contribution in [1.82, 2.24) is 10.3 Å². The predicted octanol–water partition coefficient (Wildman–Crippen LogP) is 3.57. The van der Waals surface area contributed by atoms with Gasteiger partial charge in [0.25, 0.3) is 0 Å². The van der Waals surface area contributed by atoms with Gasteiger partial charge in [0.2, 0.25) is 0 Å². The van der Waals surface area contributed by atoms with Gasteiger partial charge >= 0.3 is 0 Å². The Morgan fingerprint density at radius 2 is 2.06 bits per heavy atom. The molecule has 92 valence electrons. The first-order valence-electron chi connectivity index (χ1n) is 6.46. The number of benzene rings is 1. The van der Waals surface area contributed by atoms with Gasteiger partial charge in [0.15, 0.2) is 0 Å². The van der Waals surface area contributed by atoms with E-state index in [0.29, 0.717) is 5.92 Å². The molecule has 0 radical (unpaired) electrons. The van der Waals surface area contributed by atoms with Crippen molar-refractivity contribution >= 4 is 10.9 Å². The molecular formula is C15H22N2. The number of rotatable bonds is 4. The molecule has 0 spiro atoms. The number of aryl methyl sites for hydroxylation is 1. The molecule has 0 saturated carbocycles. The fraction of sp³-hybridized carbons (Fsp3) is 0.467. The Morgan fingerprint density at radius 1 is 1.29 bits per heavy atom. The zero-order valence-electron chi connectivity index (χ0n) is 11.2. The van der Waals surface area contributed by atoms with Gasteiger partial charge in [-0.2, -0.15) is 0 Å². The first kappa shape index (κ1) is 12.2. The van der Waals surface area contributed by atoms with Crippen molar-refractivity contribution in [3.05, 3.63) is 35.0 Å². The molecule has 0 saturated heterocycles. The summed E-state index contributed by atoms with van der Waals surface area (Å²) in [6.07, 6.45) is 1.08. The van der Waals surface area contributed by atoms with Crippen LogP contribution < -0.4 is 5.32 Å². The number of aromatic amines is 1. The second kappa shape index (κ2) is 4.92. The minimum absolute atomic E-state index is 0.537. The van der Waals surface area contributed by atoms with E-state index in [1.807, 2.05) is 7.05 Å². The van der Waals surface area contributed by atoms with Crippen LogP contribution in [0.15, 0.2) is 18.2 Å². The van der Waals surface area contributed by atoms with Gasteiger partial charge in [-0.1, -0.05) is 39.0 Å². The summed E-state index contributed by atoms with van der Waals surface area (Å²) in [4.78, 5) is 3.63. The van der Waals surface area contributed by atoms with Crippen LogP contribution in [0, 0.1) is 0 Å². The lowest BCUT2D eigenvalue weighted by molar-refractivity contribution is 0.768. The van der Waals surface area contributed by atoms with E-state index >= 15 is 0 Å². The van der Waals surface area contributed by atoms with Gasteiger partial charge < -0.3 is 10.3 Å². The van der Waals surface area contributed by atoms with Gasteiger partial charge in [-0.15, -0.1) is 0 Å². The van der Waals surface area contributed by atoms with E-state index in [-0.39, 0.29) is 0 Å². The highest BCUT2D eigenvalue weighted by atomic mass is 14.8. The Labute approximate surface area is 103 Å². The van der Waals surface area contributed by atoms with Gasteiger partial charge in [-0.05, 0) is 30.5 Å². The van der Waals surface area contributed by atoms with E-state index in [9.17, 15) is 0 Å². The van der Waals surface area contributed by atoms with Crippen LogP contribution in [0.3, 0.4) is 0 Å². The van der Waals surface area contributed by atoms with Crippen LogP contribution in [0.25, 0.3) is 10.9 Å². The smallest absolute Gasteiger partial charge is 0.0491 e. The van der Waals surface area contributed by atoms with Crippen LogP contribution in [0.4, 0.5) is 0 Å². The molecule has 2 aromatic rings. The second-order valence-electron chi connectivity index (χ2n) is 4.90. The van der Waals surface area contributed by atoms with E-state index in [2.05, 4.69) is 49.3 Å². The number of nitrogens with one attached hydrogen (secondary N) is 2. The molecule has 2 heteroatoms. The van der Waals surface area contributed by atoms with Crippen molar-refractivity contribution in [3.63, 3.8) is 0 Å². The third-order valence-electron chi connectivity index (χ3n) is 3.37. The zero-order valence-corrected chi connectivity index (χ0v) is 11.2. The molecule has 1 aromatic carbocycles. The lowest BCUT2D eigenvalue weighted by atomic mass is 10.0. The van der Waals surface area contributed by atoms with Gasteiger partial charge in [0, 0.05) is 23.1 Å². The summed E-state index contributed by atoms with van der Waals surface area (Å²) in [5.74, 6) is 0.537. The molecule has 0 bridgehead atoms. The lowest BCUT2D eigenvalue weighted by Gasteiger charge is -2.06. The van der Waals surface area contributed by atoms with Gasteiger partial charge in [-0.25, -0.2) is 0 Å². The molecule has 1 heterocycles. The van der Waals surface area contributed by atoms with Crippen LogP contribution in [0.2, 0.25) is 0 Å². The number of hydrogen-bond acceptors (Lipinski definition) is 1. The summed E-state index contributed by atoms with van der Waals surface area (Å²) >= 11 is 0. The monoisotopic (exact) mass is 230 g/mol. The van der Waals surface area contributed by atoms with Crippen LogP contribution in [0.1, 0.15) is 43.5 Å². The normalized spacial score (nSPS) is 11.6. The van der Waals surface area contributed by atoms with Crippen molar-refractivity contribution in [3.8, 4) is 0 Å². The maximum Gasteiger partial charge on any atom is 0.0491 e. The summed E-state index contributed by atoms with van der Waals surface area (Å²) in [6, 6.07) is 6.61. The summed E-state index contributed by atoms with van der Waals surface area (Å²) < 4.78 is 0. The number of para-hydroxylation sites is 1. The molecule has 0 fully saturated rings.